The van der Waals surface area contributed by atoms with Crippen molar-refractivity contribution in [2.45, 2.75) is 70.9 Å². The molecule has 24 heavy (non-hydrogen) atoms. The highest BCUT2D eigenvalue weighted by Gasteiger charge is 2.52. The largest absolute Gasteiger partial charge is 0.444 e. The quantitative estimate of drug-likeness (QED) is 0.731. The molecule has 1 aliphatic heterocycles. The van der Waals surface area contributed by atoms with Gasteiger partial charge in [0.25, 0.3) is 0 Å². The van der Waals surface area contributed by atoms with E-state index in [4.69, 9.17) is 4.74 Å². The topological polar surface area (TPSA) is 29.5 Å². The molecular formula is C21H29NO2. The van der Waals surface area contributed by atoms with Crippen LogP contribution in [0, 0.1) is 0 Å². The van der Waals surface area contributed by atoms with E-state index < -0.39 is 5.60 Å². The maximum absolute atomic E-state index is 12.5. The van der Waals surface area contributed by atoms with Crippen LogP contribution in [0.15, 0.2) is 30.3 Å². The van der Waals surface area contributed by atoms with Crippen LogP contribution in [0.2, 0.25) is 0 Å². The van der Waals surface area contributed by atoms with Gasteiger partial charge in [-0.25, -0.2) is 4.79 Å². The van der Waals surface area contributed by atoms with Gasteiger partial charge in [-0.15, -0.1) is 0 Å². The molecule has 0 radical (unpaired) electrons. The van der Waals surface area contributed by atoms with Gasteiger partial charge in [0.05, 0.1) is 5.54 Å². The Balaban J connectivity index is 1.76. The minimum absolute atomic E-state index is 0.0108. The molecule has 130 valence electrons. The Hall–Kier alpha value is -1.77. The van der Waals surface area contributed by atoms with E-state index in [1.165, 1.54) is 16.7 Å². The summed E-state index contributed by atoms with van der Waals surface area (Å²) in [5, 5.41) is 0. The molecule has 1 aliphatic carbocycles. The summed E-state index contributed by atoms with van der Waals surface area (Å²) in [6, 6.07) is 8.89. The van der Waals surface area contributed by atoms with Crippen LogP contribution in [0.25, 0.3) is 5.57 Å². The fourth-order valence-electron chi connectivity index (χ4n) is 3.40. The van der Waals surface area contributed by atoms with E-state index in [9.17, 15) is 4.79 Å². The van der Waals surface area contributed by atoms with Gasteiger partial charge in [-0.1, -0.05) is 44.2 Å². The van der Waals surface area contributed by atoms with Gasteiger partial charge in [0.1, 0.15) is 5.60 Å². The molecule has 0 saturated heterocycles. The zero-order valence-corrected chi connectivity index (χ0v) is 15.6. The van der Waals surface area contributed by atoms with Crippen molar-refractivity contribution in [2.24, 2.45) is 0 Å². The van der Waals surface area contributed by atoms with Crippen molar-refractivity contribution in [1.82, 2.24) is 4.90 Å². The van der Waals surface area contributed by atoms with Gasteiger partial charge >= 0.3 is 6.09 Å². The standard InChI is InChI=1S/C21H29NO2/c1-15(2)16-6-8-17(9-7-16)18-10-13-22(21(14-18)11-12-21)19(23)24-20(3,4)5/h6-10,15H,11-14H2,1-5H3. The number of rotatable bonds is 2. The third kappa shape index (κ3) is 3.50. The number of ether oxygens (including phenoxy) is 1. The predicted molar refractivity (Wildman–Crippen MR) is 98.0 cm³/mol. The van der Waals surface area contributed by atoms with Gasteiger partial charge in [0, 0.05) is 6.54 Å². The van der Waals surface area contributed by atoms with E-state index in [2.05, 4.69) is 44.2 Å². The van der Waals surface area contributed by atoms with Crippen molar-refractivity contribution in [2.75, 3.05) is 6.54 Å². The van der Waals surface area contributed by atoms with E-state index in [0.29, 0.717) is 12.5 Å². The summed E-state index contributed by atoms with van der Waals surface area (Å²) in [6.07, 6.45) is 5.11. The minimum atomic E-state index is -0.441. The molecule has 0 unspecified atom stereocenters. The Morgan fingerprint density at radius 2 is 1.79 bits per heavy atom. The number of nitrogens with zero attached hydrogens (tertiary/aromatic N) is 1. The average Bonchev–Trinajstić information content (AvgIpc) is 3.25. The second-order valence-electron chi connectivity index (χ2n) is 8.50. The van der Waals surface area contributed by atoms with Crippen molar-refractivity contribution >= 4 is 11.7 Å². The fourth-order valence-corrected chi connectivity index (χ4v) is 3.40. The SMILES string of the molecule is CC(C)c1ccc(C2=CCN(C(=O)OC(C)(C)C)C3(CC3)C2)cc1. The summed E-state index contributed by atoms with van der Waals surface area (Å²) in [5.74, 6) is 0.553. The normalized spacial score (nSPS) is 19.4. The molecular weight excluding hydrogens is 298 g/mol. The third-order valence-corrected chi connectivity index (χ3v) is 5.00. The van der Waals surface area contributed by atoms with Crippen LogP contribution in [0.4, 0.5) is 4.79 Å². The molecule has 3 heteroatoms. The fraction of sp³-hybridized carbons (Fsp3) is 0.571. The lowest BCUT2D eigenvalue weighted by Crippen LogP contribution is -2.47. The van der Waals surface area contributed by atoms with Gasteiger partial charge in [0.15, 0.2) is 0 Å². The molecule has 0 atom stereocenters. The third-order valence-electron chi connectivity index (χ3n) is 5.00. The maximum Gasteiger partial charge on any atom is 0.411 e. The molecule has 1 fully saturated rings. The smallest absolute Gasteiger partial charge is 0.411 e. The molecule has 3 rings (SSSR count). The number of hydrogen-bond acceptors (Lipinski definition) is 2. The summed E-state index contributed by atoms with van der Waals surface area (Å²) < 4.78 is 5.59. The van der Waals surface area contributed by atoms with Gasteiger partial charge < -0.3 is 4.74 Å². The van der Waals surface area contributed by atoms with Crippen LogP contribution in [0.5, 0.6) is 0 Å². The van der Waals surface area contributed by atoms with Crippen molar-refractivity contribution in [3.63, 3.8) is 0 Å². The maximum atomic E-state index is 12.5. The lowest BCUT2D eigenvalue weighted by atomic mass is 9.91. The highest BCUT2D eigenvalue weighted by molar-refractivity contribution is 5.75. The number of carbonyl (C=O) groups excluding carboxylic acids is 1. The first kappa shape index (κ1) is 17.1. The summed E-state index contributed by atoms with van der Waals surface area (Å²) in [5.41, 5.74) is 3.57. The lowest BCUT2D eigenvalue weighted by Gasteiger charge is -2.37. The monoisotopic (exact) mass is 327 g/mol. The predicted octanol–water partition coefficient (Wildman–Crippen LogP) is 5.37. The first-order valence-corrected chi connectivity index (χ1v) is 9.00. The molecule has 0 N–H and O–H groups in total. The minimum Gasteiger partial charge on any atom is -0.444 e. The zero-order valence-electron chi connectivity index (χ0n) is 15.6. The Bertz CT molecular complexity index is 645. The highest BCUT2D eigenvalue weighted by atomic mass is 16.6. The summed E-state index contributed by atoms with van der Waals surface area (Å²) in [7, 11) is 0. The van der Waals surface area contributed by atoms with Gasteiger partial charge in [-0.3, -0.25) is 4.90 Å². The lowest BCUT2D eigenvalue weighted by molar-refractivity contribution is 0.0153. The summed E-state index contributed by atoms with van der Waals surface area (Å²) >= 11 is 0. The van der Waals surface area contributed by atoms with E-state index in [-0.39, 0.29) is 11.6 Å². The molecule has 1 aromatic rings. The molecule has 1 amide bonds. The molecule has 0 bridgehead atoms. The molecule has 3 nitrogen and oxygen atoms in total. The molecule has 1 saturated carbocycles. The number of amides is 1. The Kier molecular flexibility index (Phi) is 4.23. The highest BCUT2D eigenvalue weighted by Crippen LogP contribution is 2.50. The van der Waals surface area contributed by atoms with Crippen LogP contribution in [0.1, 0.15) is 70.9 Å². The Morgan fingerprint density at radius 3 is 2.29 bits per heavy atom. The average molecular weight is 327 g/mol. The van der Waals surface area contributed by atoms with Crippen LogP contribution < -0.4 is 0 Å². The van der Waals surface area contributed by atoms with Gasteiger partial charge in [-0.2, -0.15) is 0 Å². The van der Waals surface area contributed by atoms with E-state index >= 15 is 0 Å². The van der Waals surface area contributed by atoms with Crippen LogP contribution in [-0.2, 0) is 4.74 Å². The van der Waals surface area contributed by atoms with Gasteiger partial charge in [0.2, 0.25) is 0 Å². The molecule has 1 spiro atoms. The first-order valence-electron chi connectivity index (χ1n) is 9.00. The summed E-state index contributed by atoms with van der Waals surface area (Å²) in [6.45, 7) is 10.8. The van der Waals surface area contributed by atoms with Crippen LogP contribution in [-0.4, -0.2) is 28.7 Å². The van der Waals surface area contributed by atoms with Crippen molar-refractivity contribution in [1.29, 1.82) is 0 Å². The van der Waals surface area contributed by atoms with E-state index in [1.54, 1.807) is 0 Å². The Labute approximate surface area is 145 Å². The van der Waals surface area contributed by atoms with Crippen molar-refractivity contribution < 1.29 is 9.53 Å². The van der Waals surface area contributed by atoms with Crippen LogP contribution >= 0.6 is 0 Å². The molecule has 0 aromatic heterocycles. The molecule has 1 aromatic carbocycles. The van der Waals surface area contributed by atoms with Crippen molar-refractivity contribution in [3.05, 3.63) is 41.5 Å². The molecule has 1 heterocycles. The second kappa shape index (κ2) is 5.94. The molecule has 2 aliphatic rings. The van der Waals surface area contributed by atoms with E-state index in [0.717, 1.165) is 19.3 Å². The summed E-state index contributed by atoms with van der Waals surface area (Å²) in [4.78, 5) is 14.4. The second-order valence-corrected chi connectivity index (χ2v) is 8.50. The van der Waals surface area contributed by atoms with Gasteiger partial charge in [-0.05, 0) is 62.7 Å². The van der Waals surface area contributed by atoms with E-state index in [1.807, 2.05) is 25.7 Å². The number of benzene rings is 1. The Morgan fingerprint density at radius 1 is 1.17 bits per heavy atom. The zero-order chi connectivity index (χ0) is 17.5. The number of hydrogen-bond donors (Lipinski definition) is 0. The number of carbonyl (C=O) groups is 1. The van der Waals surface area contributed by atoms with Crippen molar-refractivity contribution in [3.8, 4) is 0 Å². The first-order chi connectivity index (χ1) is 11.2. The van der Waals surface area contributed by atoms with Crippen LogP contribution in [0.3, 0.4) is 0 Å².